The highest BCUT2D eigenvalue weighted by Crippen LogP contribution is 2.24. The van der Waals surface area contributed by atoms with Crippen LogP contribution < -0.4 is 27.8 Å². The zero-order valence-corrected chi connectivity index (χ0v) is 21.6. The van der Waals surface area contributed by atoms with Crippen LogP contribution in [0.4, 0.5) is 0 Å². The molecule has 2 rings (SSSR count). The molecule has 2 aromatic rings. The lowest BCUT2D eigenvalue weighted by Crippen LogP contribution is -2.53. The van der Waals surface area contributed by atoms with E-state index in [1.165, 1.54) is 4.90 Å². The van der Waals surface area contributed by atoms with Crippen molar-refractivity contribution in [2.24, 2.45) is 17.2 Å². The molecule has 0 aromatic heterocycles. The first kappa shape index (κ1) is 29.5. The fourth-order valence-electron chi connectivity index (χ4n) is 3.59. The second-order valence-corrected chi connectivity index (χ2v) is 9.09. The molecule has 11 heteroatoms. The summed E-state index contributed by atoms with van der Waals surface area (Å²) >= 11 is 12.4. The number of hydrogen-bond donors (Lipinski definition) is 5. The standard InChI is InChI=1S/C25H34Cl2N6O3/c26-19-7-4-8-20(27)18(19)16-31-25(36)22(10-9-17-5-2-1-3-6-17)32-24(35)21(30)15-23(34)33(13-11-28)14-12-29/h1-8,21-22H,9-16,28-30H2,(H,31,36)(H,32,35). The molecule has 2 aromatic carbocycles. The van der Waals surface area contributed by atoms with Crippen LogP contribution in [-0.4, -0.2) is 60.9 Å². The Morgan fingerprint density at radius 2 is 1.50 bits per heavy atom. The van der Waals surface area contributed by atoms with Crippen LogP contribution in [0.25, 0.3) is 0 Å². The van der Waals surface area contributed by atoms with Gasteiger partial charge in [-0.25, -0.2) is 0 Å². The molecule has 0 bridgehead atoms. The number of benzene rings is 2. The molecule has 0 aliphatic rings. The van der Waals surface area contributed by atoms with Crippen molar-refractivity contribution in [2.75, 3.05) is 26.2 Å². The van der Waals surface area contributed by atoms with Gasteiger partial charge in [0.1, 0.15) is 6.04 Å². The summed E-state index contributed by atoms with van der Waals surface area (Å²) in [6, 6.07) is 12.6. The number of hydrogen-bond acceptors (Lipinski definition) is 6. The van der Waals surface area contributed by atoms with Crippen molar-refractivity contribution in [3.05, 3.63) is 69.7 Å². The van der Waals surface area contributed by atoms with Gasteiger partial charge in [-0.2, -0.15) is 0 Å². The molecule has 0 saturated carbocycles. The Balaban J connectivity index is 2.07. The second kappa shape index (κ2) is 15.4. The monoisotopic (exact) mass is 536 g/mol. The number of halogens is 2. The van der Waals surface area contributed by atoms with Crippen LogP contribution in [0.3, 0.4) is 0 Å². The Bertz CT molecular complexity index is 982. The molecule has 196 valence electrons. The Morgan fingerprint density at radius 1 is 0.889 bits per heavy atom. The zero-order chi connectivity index (χ0) is 26.5. The number of nitrogens with one attached hydrogen (secondary N) is 2. The van der Waals surface area contributed by atoms with Gasteiger partial charge in [0, 0.05) is 48.3 Å². The van der Waals surface area contributed by atoms with E-state index in [2.05, 4.69) is 10.6 Å². The highest BCUT2D eigenvalue weighted by atomic mass is 35.5. The average Bonchev–Trinajstić information content (AvgIpc) is 2.86. The van der Waals surface area contributed by atoms with Gasteiger partial charge in [0.2, 0.25) is 17.7 Å². The minimum absolute atomic E-state index is 0.0900. The number of carbonyl (C=O) groups excluding carboxylic acids is 3. The average molecular weight is 537 g/mol. The van der Waals surface area contributed by atoms with Gasteiger partial charge in [0.25, 0.3) is 0 Å². The summed E-state index contributed by atoms with van der Waals surface area (Å²) in [7, 11) is 0. The molecule has 2 unspecified atom stereocenters. The molecule has 8 N–H and O–H groups in total. The maximum absolute atomic E-state index is 13.1. The van der Waals surface area contributed by atoms with E-state index in [9.17, 15) is 14.4 Å². The van der Waals surface area contributed by atoms with Crippen LogP contribution in [0, 0.1) is 0 Å². The summed E-state index contributed by atoms with van der Waals surface area (Å²) < 4.78 is 0. The van der Waals surface area contributed by atoms with E-state index in [1.54, 1.807) is 18.2 Å². The van der Waals surface area contributed by atoms with E-state index in [-0.39, 0.29) is 32.0 Å². The number of nitrogens with zero attached hydrogens (tertiary/aromatic N) is 1. The number of nitrogens with two attached hydrogens (primary N) is 3. The third-order valence-corrected chi connectivity index (χ3v) is 6.29. The van der Waals surface area contributed by atoms with Gasteiger partial charge in [-0.1, -0.05) is 59.6 Å². The quantitative estimate of drug-likeness (QED) is 0.244. The van der Waals surface area contributed by atoms with E-state index in [0.29, 0.717) is 41.5 Å². The summed E-state index contributed by atoms with van der Waals surface area (Å²) in [5, 5.41) is 6.33. The van der Waals surface area contributed by atoms with Crippen molar-refractivity contribution < 1.29 is 14.4 Å². The van der Waals surface area contributed by atoms with Crippen LogP contribution in [0.5, 0.6) is 0 Å². The van der Waals surface area contributed by atoms with Gasteiger partial charge in [0.15, 0.2) is 0 Å². The van der Waals surface area contributed by atoms with Crippen molar-refractivity contribution in [3.8, 4) is 0 Å². The molecular weight excluding hydrogens is 503 g/mol. The first-order valence-corrected chi connectivity index (χ1v) is 12.5. The summed E-state index contributed by atoms with van der Waals surface area (Å²) in [5.74, 6) is -1.35. The van der Waals surface area contributed by atoms with Crippen LogP contribution in [0.1, 0.15) is 24.0 Å². The normalized spacial score (nSPS) is 12.5. The smallest absolute Gasteiger partial charge is 0.242 e. The number of carbonyl (C=O) groups is 3. The Labute approximate surface area is 221 Å². The van der Waals surface area contributed by atoms with Crippen molar-refractivity contribution >= 4 is 40.9 Å². The van der Waals surface area contributed by atoms with Crippen LogP contribution >= 0.6 is 23.2 Å². The van der Waals surface area contributed by atoms with Crippen molar-refractivity contribution in [2.45, 2.75) is 37.9 Å². The van der Waals surface area contributed by atoms with Crippen molar-refractivity contribution in [3.63, 3.8) is 0 Å². The molecule has 0 heterocycles. The van der Waals surface area contributed by atoms with Crippen molar-refractivity contribution in [1.82, 2.24) is 15.5 Å². The van der Waals surface area contributed by atoms with Gasteiger partial charge in [0.05, 0.1) is 12.5 Å². The molecule has 0 aliphatic heterocycles. The highest BCUT2D eigenvalue weighted by molar-refractivity contribution is 6.36. The highest BCUT2D eigenvalue weighted by Gasteiger charge is 2.26. The molecular formula is C25H34Cl2N6O3. The van der Waals surface area contributed by atoms with E-state index in [0.717, 1.165) is 5.56 Å². The number of rotatable bonds is 14. The first-order chi connectivity index (χ1) is 17.3. The molecule has 2 atom stereocenters. The molecule has 0 fully saturated rings. The van der Waals surface area contributed by atoms with Crippen LogP contribution in [0.2, 0.25) is 10.0 Å². The largest absolute Gasteiger partial charge is 0.350 e. The predicted molar refractivity (Wildman–Crippen MR) is 142 cm³/mol. The molecule has 0 aliphatic carbocycles. The summed E-state index contributed by atoms with van der Waals surface area (Å²) in [5.41, 5.74) is 18.7. The van der Waals surface area contributed by atoms with E-state index in [4.69, 9.17) is 40.4 Å². The van der Waals surface area contributed by atoms with E-state index < -0.39 is 23.9 Å². The van der Waals surface area contributed by atoms with Gasteiger partial charge in [-0.05, 0) is 30.5 Å². The molecule has 0 saturated heterocycles. The Morgan fingerprint density at radius 3 is 2.08 bits per heavy atom. The molecule has 0 radical (unpaired) electrons. The molecule has 36 heavy (non-hydrogen) atoms. The predicted octanol–water partition coefficient (Wildman–Crippen LogP) is 1.19. The third-order valence-electron chi connectivity index (χ3n) is 5.58. The number of amides is 3. The maximum Gasteiger partial charge on any atom is 0.242 e. The Kier molecular flexibility index (Phi) is 12.7. The fourth-order valence-corrected chi connectivity index (χ4v) is 4.12. The molecule has 3 amide bonds. The third kappa shape index (κ3) is 9.40. The molecule has 0 spiro atoms. The fraction of sp³-hybridized carbons (Fsp3) is 0.400. The van der Waals surface area contributed by atoms with Gasteiger partial charge in [-0.15, -0.1) is 0 Å². The van der Waals surface area contributed by atoms with Gasteiger partial charge in [-0.3, -0.25) is 14.4 Å². The van der Waals surface area contributed by atoms with E-state index >= 15 is 0 Å². The summed E-state index contributed by atoms with van der Waals surface area (Å²) in [4.78, 5) is 39.9. The second-order valence-electron chi connectivity index (χ2n) is 8.27. The van der Waals surface area contributed by atoms with Crippen LogP contribution in [-0.2, 0) is 27.3 Å². The van der Waals surface area contributed by atoms with E-state index in [1.807, 2.05) is 30.3 Å². The lowest BCUT2D eigenvalue weighted by Gasteiger charge is -2.24. The first-order valence-electron chi connectivity index (χ1n) is 11.7. The van der Waals surface area contributed by atoms with Crippen molar-refractivity contribution in [1.29, 1.82) is 0 Å². The minimum Gasteiger partial charge on any atom is -0.350 e. The molecule has 9 nitrogen and oxygen atoms in total. The topological polar surface area (TPSA) is 157 Å². The summed E-state index contributed by atoms with van der Waals surface area (Å²) in [6.45, 7) is 1.26. The minimum atomic E-state index is -1.14. The number of aryl methyl sites for hydroxylation is 1. The van der Waals surface area contributed by atoms with Crippen LogP contribution in [0.15, 0.2) is 48.5 Å². The maximum atomic E-state index is 13.1. The summed E-state index contributed by atoms with van der Waals surface area (Å²) in [6.07, 6.45) is 0.639. The Hall–Kier alpha value is -2.69. The van der Waals surface area contributed by atoms with Gasteiger partial charge < -0.3 is 32.7 Å². The lowest BCUT2D eigenvalue weighted by molar-refractivity contribution is -0.135. The lowest BCUT2D eigenvalue weighted by atomic mass is 10.0. The van der Waals surface area contributed by atoms with Gasteiger partial charge >= 0.3 is 0 Å². The SMILES string of the molecule is NCCN(CCN)C(=O)CC(N)C(=O)NC(CCc1ccccc1)C(=O)NCc1c(Cl)cccc1Cl. The zero-order valence-electron chi connectivity index (χ0n) is 20.1.